The van der Waals surface area contributed by atoms with Crippen molar-refractivity contribution < 1.29 is 0 Å². The van der Waals surface area contributed by atoms with Crippen LogP contribution in [0.15, 0.2) is 24.3 Å². The fourth-order valence-corrected chi connectivity index (χ4v) is 5.30. The fraction of sp³-hybridized carbons (Fsp3) is 0.625. The molecule has 4 aliphatic carbocycles. The summed E-state index contributed by atoms with van der Waals surface area (Å²) in [5.74, 6) is 3.35. The van der Waals surface area contributed by atoms with Crippen LogP contribution in [0.5, 0.6) is 0 Å². The molecular weight excluding hydrogens is 242 g/mol. The van der Waals surface area contributed by atoms with Gasteiger partial charge in [-0.3, -0.25) is 0 Å². The zero-order valence-electron chi connectivity index (χ0n) is 10.6. The first-order valence-corrected chi connectivity index (χ1v) is 7.59. The molecule has 0 saturated heterocycles. The van der Waals surface area contributed by atoms with Crippen LogP contribution in [0.2, 0.25) is 5.02 Å². The molecule has 0 amide bonds. The molecule has 0 spiro atoms. The van der Waals surface area contributed by atoms with Crippen LogP contribution in [0.25, 0.3) is 0 Å². The molecule has 0 atom stereocenters. The molecule has 4 aliphatic rings. The zero-order chi connectivity index (χ0) is 12.3. The van der Waals surface area contributed by atoms with Crippen molar-refractivity contribution in [1.29, 1.82) is 0 Å². The molecule has 96 valence electrons. The Morgan fingerprint density at radius 2 is 1.39 bits per heavy atom. The fourth-order valence-electron chi connectivity index (χ4n) is 5.17. The van der Waals surface area contributed by atoms with E-state index in [1.165, 1.54) is 37.7 Å². The van der Waals surface area contributed by atoms with Crippen molar-refractivity contribution in [3.05, 3.63) is 34.9 Å². The third kappa shape index (κ3) is 1.44. The summed E-state index contributed by atoms with van der Waals surface area (Å²) in [6.07, 6.45) is 6.89. The normalized spacial score (nSPS) is 45.4. The number of nitrogens with two attached hydrogens (primary N) is 1. The van der Waals surface area contributed by atoms with Gasteiger partial charge in [0.1, 0.15) is 0 Å². The monoisotopic (exact) mass is 261 g/mol. The number of rotatable bonds is 1. The molecule has 2 N–H and O–H groups in total. The van der Waals surface area contributed by atoms with Gasteiger partial charge in [-0.25, -0.2) is 0 Å². The predicted molar refractivity (Wildman–Crippen MR) is 74.4 cm³/mol. The highest BCUT2D eigenvalue weighted by Crippen LogP contribution is 2.60. The average molecular weight is 262 g/mol. The van der Waals surface area contributed by atoms with Gasteiger partial charge in [0.2, 0.25) is 0 Å². The Hall–Kier alpha value is -0.530. The number of hydrogen-bond acceptors (Lipinski definition) is 1. The lowest BCUT2D eigenvalue weighted by Crippen LogP contribution is -2.60. The van der Waals surface area contributed by atoms with Crippen molar-refractivity contribution >= 4 is 11.6 Å². The molecule has 0 heterocycles. The third-order valence-corrected chi connectivity index (χ3v) is 6.09. The molecule has 1 nitrogen and oxygen atoms in total. The minimum absolute atomic E-state index is 0.0714. The molecule has 1 aromatic carbocycles. The molecular formula is C16H20ClN. The topological polar surface area (TPSA) is 26.0 Å². The smallest absolute Gasteiger partial charge is 0.0467 e. The standard InChI is InChI=1S/C16H20ClN/c17-15-3-1-12(2-4-15)16(18)13-6-10-5-11(8-13)9-14(16)7-10/h1-4,10-11,13-14H,5-9,18H2. The largest absolute Gasteiger partial charge is 0.321 e. The van der Waals surface area contributed by atoms with E-state index in [9.17, 15) is 0 Å². The Bertz CT molecular complexity index is 436. The molecule has 0 unspecified atom stereocenters. The van der Waals surface area contributed by atoms with Crippen LogP contribution in [0.4, 0.5) is 0 Å². The number of hydrogen-bond donors (Lipinski definition) is 1. The second kappa shape index (κ2) is 3.74. The second-order valence-corrected chi connectivity index (χ2v) is 7.18. The van der Waals surface area contributed by atoms with Crippen molar-refractivity contribution in [2.24, 2.45) is 29.4 Å². The van der Waals surface area contributed by atoms with Gasteiger partial charge >= 0.3 is 0 Å². The van der Waals surface area contributed by atoms with Crippen LogP contribution >= 0.6 is 11.6 Å². The van der Waals surface area contributed by atoms with Gasteiger partial charge in [-0.2, -0.15) is 0 Å². The first kappa shape index (κ1) is 11.3. The zero-order valence-corrected chi connectivity index (χ0v) is 11.4. The maximum absolute atomic E-state index is 6.92. The molecule has 0 aliphatic heterocycles. The van der Waals surface area contributed by atoms with Crippen molar-refractivity contribution in [1.82, 2.24) is 0 Å². The second-order valence-electron chi connectivity index (χ2n) is 6.74. The highest BCUT2D eigenvalue weighted by molar-refractivity contribution is 6.30. The summed E-state index contributed by atoms with van der Waals surface area (Å²) in [5, 5.41) is 0.811. The summed E-state index contributed by atoms with van der Waals surface area (Å²) in [4.78, 5) is 0. The minimum Gasteiger partial charge on any atom is -0.321 e. The van der Waals surface area contributed by atoms with E-state index in [-0.39, 0.29) is 5.54 Å². The van der Waals surface area contributed by atoms with Crippen LogP contribution < -0.4 is 5.73 Å². The summed E-state index contributed by atoms with van der Waals surface area (Å²) in [6.45, 7) is 0. The van der Waals surface area contributed by atoms with E-state index < -0.39 is 0 Å². The molecule has 0 radical (unpaired) electrons. The number of benzene rings is 1. The van der Waals surface area contributed by atoms with Gasteiger partial charge in [0, 0.05) is 10.6 Å². The summed E-state index contributed by atoms with van der Waals surface area (Å²) < 4.78 is 0. The Kier molecular flexibility index (Phi) is 2.35. The molecule has 4 fully saturated rings. The quantitative estimate of drug-likeness (QED) is 0.814. The summed E-state index contributed by atoms with van der Waals surface area (Å²) in [6, 6.07) is 8.31. The molecule has 0 aromatic heterocycles. The molecule has 4 saturated carbocycles. The summed E-state index contributed by atoms with van der Waals surface area (Å²) in [5.41, 5.74) is 8.17. The van der Waals surface area contributed by atoms with Crippen LogP contribution in [-0.4, -0.2) is 0 Å². The van der Waals surface area contributed by atoms with Crippen molar-refractivity contribution in [3.8, 4) is 0 Å². The van der Waals surface area contributed by atoms with E-state index in [0.29, 0.717) is 11.8 Å². The van der Waals surface area contributed by atoms with Crippen molar-refractivity contribution in [3.63, 3.8) is 0 Å². The third-order valence-electron chi connectivity index (χ3n) is 5.83. The first-order chi connectivity index (χ1) is 8.66. The lowest BCUT2D eigenvalue weighted by Gasteiger charge is -2.60. The average Bonchev–Trinajstić information content (AvgIpc) is 2.35. The molecule has 5 rings (SSSR count). The predicted octanol–water partition coefficient (Wildman–Crippen LogP) is 3.95. The van der Waals surface area contributed by atoms with Crippen LogP contribution in [0.1, 0.15) is 37.7 Å². The van der Waals surface area contributed by atoms with Gasteiger partial charge in [-0.1, -0.05) is 23.7 Å². The Morgan fingerprint density at radius 1 is 0.889 bits per heavy atom. The minimum atomic E-state index is -0.0714. The van der Waals surface area contributed by atoms with Gasteiger partial charge in [-0.15, -0.1) is 0 Å². The van der Waals surface area contributed by atoms with Gasteiger partial charge in [0.15, 0.2) is 0 Å². The first-order valence-electron chi connectivity index (χ1n) is 7.21. The van der Waals surface area contributed by atoms with Crippen LogP contribution in [0, 0.1) is 23.7 Å². The van der Waals surface area contributed by atoms with Crippen molar-refractivity contribution in [2.75, 3.05) is 0 Å². The van der Waals surface area contributed by atoms with Crippen molar-refractivity contribution in [2.45, 2.75) is 37.6 Å². The van der Waals surface area contributed by atoms with Gasteiger partial charge in [0.25, 0.3) is 0 Å². The van der Waals surface area contributed by atoms with Crippen LogP contribution in [-0.2, 0) is 5.54 Å². The molecule has 18 heavy (non-hydrogen) atoms. The highest BCUT2D eigenvalue weighted by atomic mass is 35.5. The Morgan fingerprint density at radius 3 is 1.89 bits per heavy atom. The Labute approximate surface area is 114 Å². The van der Waals surface area contributed by atoms with E-state index in [2.05, 4.69) is 12.1 Å². The van der Waals surface area contributed by atoms with Gasteiger partial charge in [-0.05, 0) is 73.5 Å². The highest BCUT2D eigenvalue weighted by Gasteiger charge is 2.55. The maximum Gasteiger partial charge on any atom is 0.0467 e. The van der Waals surface area contributed by atoms with Gasteiger partial charge in [0.05, 0.1) is 0 Å². The van der Waals surface area contributed by atoms with E-state index in [4.69, 9.17) is 17.3 Å². The number of halogens is 1. The lowest BCUT2D eigenvalue weighted by atomic mass is 9.47. The van der Waals surface area contributed by atoms with E-state index in [1.807, 2.05) is 12.1 Å². The Balaban J connectivity index is 1.76. The molecule has 4 bridgehead atoms. The summed E-state index contributed by atoms with van der Waals surface area (Å²) >= 11 is 6.01. The van der Waals surface area contributed by atoms with E-state index in [1.54, 1.807) is 0 Å². The van der Waals surface area contributed by atoms with Crippen LogP contribution in [0.3, 0.4) is 0 Å². The van der Waals surface area contributed by atoms with E-state index in [0.717, 1.165) is 16.9 Å². The van der Waals surface area contributed by atoms with E-state index >= 15 is 0 Å². The summed E-state index contributed by atoms with van der Waals surface area (Å²) in [7, 11) is 0. The van der Waals surface area contributed by atoms with Gasteiger partial charge < -0.3 is 5.73 Å². The molecule has 2 heteroatoms. The SMILES string of the molecule is NC1(c2ccc(Cl)cc2)C2CC3CC(C2)CC1C3. The maximum atomic E-state index is 6.92. The lowest BCUT2D eigenvalue weighted by molar-refractivity contribution is -0.0584. The molecule has 1 aromatic rings.